The van der Waals surface area contributed by atoms with Gasteiger partial charge in [-0.25, -0.2) is 4.98 Å². The lowest BCUT2D eigenvalue weighted by Crippen LogP contribution is -2.37. The van der Waals surface area contributed by atoms with Crippen LogP contribution in [0.5, 0.6) is 0 Å². The molecule has 0 aliphatic rings. The van der Waals surface area contributed by atoms with Gasteiger partial charge in [0, 0.05) is 10.7 Å². The topological polar surface area (TPSA) is 64.0 Å². The lowest BCUT2D eigenvalue weighted by atomic mass is 10.1. The van der Waals surface area contributed by atoms with Gasteiger partial charge in [0.25, 0.3) is 5.56 Å². The molecule has 3 aromatic rings. The zero-order chi connectivity index (χ0) is 23.1. The number of benzene rings is 2. The molecule has 0 fully saturated rings. The SMILES string of the molecule is CC[C@H](C(=O)Nc1ccc(C)c(Cl)c1)n1c(=O)c(C(F)(F)F)nc2cc(C)c(C)cc21. The summed E-state index contributed by atoms with van der Waals surface area (Å²) in [6.07, 6.45) is -4.86. The van der Waals surface area contributed by atoms with Crippen molar-refractivity contribution in [1.29, 1.82) is 0 Å². The Kier molecular flexibility index (Phi) is 6.14. The number of alkyl halides is 3. The molecule has 2 aromatic carbocycles. The lowest BCUT2D eigenvalue weighted by Gasteiger charge is -2.22. The zero-order valence-corrected chi connectivity index (χ0v) is 18.1. The van der Waals surface area contributed by atoms with Gasteiger partial charge < -0.3 is 5.32 Å². The van der Waals surface area contributed by atoms with Gasteiger partial charge in [-0.05, 0) is 68.1 Å². The summed E-state index contributed by atoms with van der Waals surface area (Å²) in [5, 5.41) is 3.08. The van der Waals surface area contributed by atoms with Crippen LogP contribution >= 0.6 is 11.6 Å². The number of nitrogens with zero attached hydrogens (tertiary/aromatic N) is 2. The highest BCUT2D eigenvalue weighted by atomic mass is 35.5. The molecule has 3 rings (SSSR count). The van der Waals surface area contributed by atoms with Gasteiger partial charge in [0.1, 0.15) is 6.04 Å². The highest BCUT2D eigenvalue weighted by Crippen LogP contribution is 2.29. The Hall–Kier alpha value is -2.87. The summed E-state index contributed by atoms with van der Waals surface area (Å²) < 4.78 is 41.5. The molecule has 1 amide bonds. The summed E-state index contributed by atoms with van der Waals surface area (Å²) >= 11 is 6.09. The maximum atomic E-state index is 13.5. The third kappa shape index (κ3) is 4.44. The molecule has 1 aromatic heterocycles. The standard InChI is InChI=1S/C22H21ClF3N3O2/c1-5-17(20(30)27-14-7-6-11(2)15(23)10-14)29-18-9-13(4)12(3)8-16(18)28-19(21(29)31)22(24,25)26/h6-10,17H,5H2,1-4H3,(H,27,30)/t17-/m1/s1. The first-order valence-electron chi connectivity index (χ1n) is 9.61. The molecule has 0 saturated heterocycles. The second-order valence-electron chi connectivity index (χ2n) is 7.44. The quantitative estimate of drug-likeness (QED) is 0.563. The Morgan fingerprint density at radius 2 is 1.77 bits per heavy atom. The van der Waals surface area contributed by atoms with Crippen molar-refractivity contribution in [2.75, 3.05) is 5.32 Å². The monoisotopic (exact) mass is 451 g/mol. The predicted molar refractivity (Wildman–Crippen MR) is 115 cm³/mol. The van der Waals surface area contributed by atoms with Crippen molar-refractivity contribution in [2.24, 2.45) is 0 Å². The van der Waals surface area contributed by atoms with Crippen molar-refractivity contribution >= 4 is 34.2 Å². The second-order valence-corrected chi connectivity index (χ2v) is 7.84. The van der Waals surface area contributed by atoms with E-state index in [0.29, 0.717) is 10.7 Å². The third-order valence-electron chi connectivity index (χ3n) is 5.21. The Labute approximate surface area is 181 Å². The lowest BCUT2D eigenvalue weighted by molar-refractivity contribution is -0.142. The molecular formula is C22H21ClF3N3O2. The number of anilines is 1. The molecular weight excluding hydrogens is 431 g/mol. The van der Waals surface area contributed by atoms with Crippen LogP contribution in [-0.4, -0.2) is 15.5 Å². The number of fused-ring (bicyclic) bond motifs is 1. The smallest absolute Gasteiger partial charge is 0.324 e. The Bertz CT molecular complexity index is 1240. The number of rotatable bonds is 4. The molecule has 1 N–H and O–H groups in total. The molecule has 31 heavy (non-hydrogen) atoms. The summed E-state index contributed by atoms with van der Waals surface area (Å²) in [6, 6.07) is 6.78. The molecule has 164 valence electrons. The molecule has 0 spiro atoms. The number of hydrogen-bond donors (Lipinski definition) is 1. The number of hydrogen-bond acceptors (Lipinski definition) is 3. The van der Waals surface area contributed by atoms with Gasteiger partial charge in [-0.2, -0.15) is 13.2 Å². The largest absolute Gasteiger partial charge is 0.438 e. The minimum Gasteiger partial charge on any atom is -0.324 e. The van der Waals surface area contributed by atoms with Crippen molar-refractivity contribution in [3.05, 3.63) is 68.1 Å². The van der Waals surface area contributed by atoms with E-state index in [1.807, 2.05) is 0 Å². The highest BCUT2D eigenvalue weighted by Gasteiger charge is 2.38. The van der Waals surface area contributed by atoms with Crippen LogP contribution in [0.1, 0.15) is 41.8 Å². The number of amides is 1. The van der Waals surface area contributed by atoms with Gasteiger partial charge in [-0.1, -0.05) is 24.6 Å². The van der Waals surface area contributed by atoms with E-state index >= 15 is 0 Å². The third-order valence-corrected chi connectivity index (χ3v) is 5.62. The van der Waals surface area contributed by atoms with E-state index in [1.54, 1.807) is 52.0 Å². The molecule has 0 unspecified atom stereocenters. The van der Waals surface area contributed by atoms with Crippen LogP contribution in [0.3, 0.4) is 0 Å². The van der Waals surface area contributed by atoms with E-state index in [1.165, 1.54) is 6.07 Å². The van der Waals surface area contributed by atoms with Gasteiger partial charge in [-0.3, -0.25) is 14.2 Å². The minimum atomic E-state index is -4.95. The fourth-order valence-corrected chi connectivity index (χ4v) is 3.52. The van der Waals surface area contributed by atoms with Crippen molar-refractivity contribution < 1.29 is 18.0 Å². The maximum absolute atomic E-state index is 13.5. The molecule has 9 heteroatoms. The summed E-state index contributed by atoms with van der Waals surface area (Å²) in [5.74, 6) is -0.622. The van der Waals surface area contributed by atoms with Gasteiger partial charge in [0.05, 0.1) is 11.0 Å². The fraction of sp³-hybridized carbons (Fsp3) is 0.318. The Morgan fingerprint density at radius 3 is 2.35 bits per heavy atom. The molecule has 0 saturated carbocycles. The number of carbonyl (C=O) groups is 1. The van der Waals surface area contributed by atoms with Gasteiger partial charge in [-0.15, -0.1) is 0 Å². The van der Waals surface area contributed by atoms with E-state index in [2.05, 4.69) is 10.3 Å². The van der Waals surface area contributed by atoms with E-state index in [-0.39, 0.29) is 17.5 Å². The van der Waals surface area contributed by atoms with Crippen molar-refractivity contribution in [3.8, 4) is 0 Å². The second kappa shape index (κ2) is 8.34. The fourth-order valence-electron chi connectivity index (χ4n) is 3.34. The number of nitrogens with one attached hydrogen (secondary N) is 1. The predicted octanol–water partition coefficient (Wildman–Crippen LogP) is 5.58. The highest BCUT2D eigenvalue weighted by molar-refractivity contribution is 6.31. The van der Waals surface area contributed by atoms with E-state index in [0.717, 1.165) is 21.3 Å². The van der Waals surface area contributed by atoms with E-state index in [4.69, 9.17) is 11.6 Å². The number of halogens is 4. The molecule has 0 aliphatic carbocycles. The van der Waals surface area contributed by atoms with E-state index in [9.17, 15) is 22.8 Å². The Balaban J connectivity index is 2.20. The molecule has 0 aliphatic heterocycles. The van der Waals surface area contributed by atoms with Gasteiger partial charge in [0.2, 0.25) is 11.6 Å². The molecule has 1 atom stereocenters. The minimum absolute atomic E-state index is 0.000319. The Morgan fingerprint density at radius 1 is 1.13 bits per heavy atom. The number of aromatic nitrogens is 2. The first kappa shape index (κ1) is 22.8. The van der Waals surface area contributed by atoms with Gasteiger partial charge >= 0.3 is 6.18 Å². The van der Waals surface area contributed by atoms with Crippen LogP contribution in [0.2, 0.25) is 5.02 Å². The first-order valence-corrected chi connectivity index (χ1v) is 9.99. The molecule has 1 heterocycles. The summed E-state index contributed by atoms with van der Waals surface area (Å²) in [7, 11) is 0. The van der Waals surface area contributed by atoms with Crippen LogP contribution in [0.15, 0.2) is 35.1 Å². The normalized spacial score (nSPS) is 12.8. The van der Waals surface area contributed by atoms with Crippen LogP contribution in [0, 0.1) is 20.8 Å². The first-order chi connectivity index (χ1) is 14.4. The molecule has 0 bridgehead atoms. The average molecular weight is 452 g/mol. The maximum Gasteiger partial charge on any atom is 0.438 e. The van der Waals surface area contributed by atoms with E-state index < -0.39 is 29.4 Å². The van der Waals surface area contributed by atoms with Gasteiger partial charge in [0.15, 0.2) is 0 Å². The van der Waals surface area contributed by atoms with Crippen LogP contribution in [0.4, 0.5) is 18.9 Å². The summed E-state index contributed by atoms with van der Waals surface area (Å²) in [5.41, 5.74) is -0.0464. The number of aryl methyl sites for hydroxylation is 3. The van der Waals surface area contributed by atoms with Crippen molar-refractivity contribution in [3.63, 3.8) is 0 Å². The number of carbonyl (C=O) groups excluding carboxylic acids is 1. The van der Waals surface area contributed by atoms with Crippen LogP contribution in [-0.2, 0) is 11.0 Å². The van der Waals surface area contributed by atoms with Crippen molar-refractivity contribution in [1.82, 2.24) is 9.55 Å². The molecule has 5 nitrogen and oxygen atoms in total. The summed E-state index contributed by atoms with van der Waals surface area (Å²) in [6.45, 7) is 6.94. The average Bonchev–Trinajstić information content (AvgIpc) is 2.67. The van der Waals surface area contributed by atoms with Crippen molar-refractivity contribution in [2.45, 2.75) is 46.3 Å². The van der Waals surface area contributed by atoms with Crippen LogP contribution in [0.25, 0.3) is 11.0 Å². The zero-order valence-electron chi connectivity index (χ0n) is 17.4. The van der Waals surface area contributed by atoms with Crippen LogP contribution < -0.4 is 10.9 Å². The summed E-state index contributed by atoms with van der Waals surface area (Å²) in [4.78, 5) is 29.5. The molecule has 0 radical (unpaired) electrons.